The summed E-state index contributed by atoms with van der Waals surface area (Å²) in [6.07, 6.45) is 10.3. The maximum absolute atomic E-state index is 6.01. The van der Waals surface area contributed by atoms with Crippen LogP contribution in [0.2, 0.25) is 0 Å². The lowest BCUT2D eigenvalue weighted by Gasteiger charge is -2.24. The van der Waals surface area contributed by atoms with Crippen molar-refractivity contribution < 1.29 is 4.74 Å². The van der Waals surface area contributed by atoms with Crippen LogP contribution in [-0.2, 0) is 11.2 Å². The predicted octanol–water partition coefficient (Wildman–Crippen LogP) is 3.44. The second-order valence-corrected chi connectivity index (χ2v) is 8.65. The molecule has 1 atom stereocenters. The Morgan fingerprint density at radius 2 is 2.00 bits per heavy atom. The molecule has 1 aromatic rings. The second kappa shape index (κ2) is 11.6. The van der Waals surface area contributed by atoms with Crippen LogP contribution < -0.4 is 15.5 Å². The molecule has 28 heavy (non-hydrogen) atoms. The van der Waals surface area contributed by atoms with Crippen LogP contribution in [0.3, 0.4) is 0 Å². The maximum atomic E-state index is 6.01. The lowest BCUT2D eigenvalue weighted by Crippen LogP contribution is -2.40. The SMILES string of the molecule is CCOC(CCNC(=NC)NCCc1csc(N2CCCC2)n1)C1CCCC1. The van der Waals surface area contributed by atoms with Crippen molar-refractivity contribution in [2.24, 2.45) is 10.9 Å². The fourth-order valence-corrected chi connectivity index (χ4v) is 5.24. The highest BCUT2D eigenvalue weighted by atomic mass is 32.1. The molecular formula is C21H37N5OS. The van der Waals surface area contributed by atoms with Gasteiger partial charge in [-0.3, -0.25) is 4.99 Å². The Bertz CT molecular complexity index is 593. The molecule has 158 valence electrons. The van der Waals surface area contributed by atoms with Gasteiger partial charge in [-0.15, -0.1) is 11.3 Å². The number of aromatic nitrogens is 1. The van der Waals surface area contributed by atoms with Crippen molar-refractivity contribution in [2.45, 2.75) is 64.4 Å². The van der Waals surface area contributed by atoms with Gasteiger partial charge in [-0.2, -0.15) is 0 Å². The lowest BCUT2D eigenvalue weighted by molar-refractivity contribution is 0.0169. The minimum absolute atomic E-state index is 0.386. The van der Waals surface area contributed by atoms with Gasteiger partial charge in [-0.25, -0.2) is 4.98 Å². The Morgan fingerprint density at radius 1 is 1.25 bits per heavy atom. The summed E-state index contributed by atoms with van der Waals surface area (Å²) in [6, 6.07) is 0. The summed E-state index contributed by atoms with van der Waals surface area (Å²) in [5.74, 6) is 1.61. The Kier molecular flexibility index (Phi) is 8.86. The van der Waals surface area contributed by atoms with Crippen molar-refractivity contribution in [2.75, 3.05) is 44.7 Å². The molecular weight excluding hydrogens is 370 g/mol. The quantitative estimate of drug-likeness (QED) is 0.460. The highest BCUT2D eigenvalue weighted by Crippen LogP contribution is 2.30. The third-order valence-corrected chi connectivity index (χ3v) is 6.79. The molecule has 2 aliphatic rings. The van der Waals surface area contributed by atoms with Crippen LogP contribution in [0, 0.1) is 5.92 Å². The molecule has 2 heterocycles. The van der Waals surface area contributed by atoms with Crippen LogP contribution >= 0.6 is 11.3 Å². The second-order valence-electron chi connectivity index (χ2n) is 7.82. The number of nitrogens with one attached hydrogen (secondary N) is 2. The average Bonchev–Trinajstić information content (AvgIpc) is 3.48. The van der Waals surface area contributed by atoms with Crippen LogP contribution in [-0.4, -0.2) is 56.9 Å². The van der Waals surface area contributed by atoms with E-state index >= 15 is 0 Å². The van der Waals surface area contributed by atoms with E-state index in [1.54, 1.807) is 11.3 Å². The van der Waals surface area contributed by atoms with E-state index in [4.69, 9.17) is 9.72 Å². The smallest absolute Gasteiger partial charge is 0.190 e. The lowest BCUT2D eigenvalue weighted by atomic mass is 9.98. The molecule has 0 bridgehead atoms. The van der Waals surface area contributed by atoms with Gasteiger partial charge >= 0.3 is 0 Å². The summed E-state index contributed by atoms with van der Waals surface area (Å²) in [6.45, 7) is 6.97. The normalized spacial score (nSPS) is 19.4. The zero-order chi connectivity index (χ0) is 19.6. The zero-order valence-corrected chi connectivity index (χ0v) is 18.4. The van der Waals surface area contributed by atoms with Gasteiger partial charge in [0.25, 0.3) is 0 Å². The zero-order valence-electron chi connectivity index (χ0n) is 17.6. The first-order valence-electron chi connectivity index (χ1n) is 11.1. The number of aliphatic imine (C=N–C) groups is 1. The monoisotopic (exact) mass is 407 g/mol. The number of anilines is 1. The highest BCUT2D eigenvalue weighted by molar-refractivity contribution is 7.13. The van der Waals surface area contributed by atoms with E-state index in [1.165, 1.54) is 49.4 Å². The van der Waals surface area contributed by atoms with Crippen molar-refractivity contribution in [3.05, 3.63) is 11.1 Å². The molecule has 6 nitrogen and oxygen atoms in total. The first-order chi connectivity index (χ1) is 13.8. The molecule has 2 N–H and O–H groups in total. The summed E-state index contributed by atoms with van der Waals surface area (Å²) >= 11 is 1.77. The molecule has 0 amide bonds. The maximum Gasteiger partial charge on any atom is 0.190 e. The first kappa shape index (κ1) is 21.4. The number of ether oxygens (including phenoxy) is 1. The van der Waals surface area contributed by atoms with E-state index < -0.39 is 0 Å². The third-order valence-electron chi connectivity index (χ3n) is 5.84. The first-order valence-corrected chi connectivity index (χ1v) is 11.9. The highest BCUT2D eigenvalue weighted by Gasteiger charge is 2.25. The third kappa shape index (κ3) is 6.34. The largest absolute Gasteiger partial charge is 0.378 e. The average molecular weight is 408 g/mol. The summed E-state index contributed by atoms with van der Waals surface area (Å²) in [5.41, 5.74) is 1.17. The van der Waals surface area contributed by atoms with Crippen molar-refractivity contribution in [3.63, 3.8) is 0 Å². The molecule has 1 unspecified atom stereocenters. The topological polar surface area (TPSA) is 61.8 Å². The standard InChI is InChI=1S/C21H37N5OS/c1-3-27-19(17-8-4-5-9-17)11-13-24-20(22-2)23-12-10-18-16-28-21(25-18)26-14-6-7-15-26/h16-17,19H,3-15H2,1-2H3,(H2,22,23,24). The van der Waals surface area contributed by atoms with E-state index in [1.807, 2.05) is 7.05 Å². The molecule has 3 rings (SSSR count). The van der Waals surface area contributed by atoms with Crippen LogP contribution in [0.1, 0.15) is 57.6 Å². The van der Waals surface area contributed by atoms with Crippen LogP contribution in [0.4, 0.5) is 5.13 Å². The predicted molar refractivity (Wildman–Crippen MR) is 119 cm³/mol. The van der Waals surface area contributed by atoms with Gasteiger partial charge in [0.2, 0.25) is 0 Å². The van der Waals surface area contributed by atoms with Gasteiger partial charge in [0.1, 0.15) is 0 Å². The number of nitrogens with zero attached hydrogens (tertiary/aromatic N) is 3. The number of thiazole rings is 1. The molecule has 1 aromatic heterocycles. The summed E-state index contributed by atoms with van der Waals surface area (Å²) in [7, 11) is 1.83. The van der Waals surface area contributed by atoms with E-state index in [0.29, 0.717) is 6.10 Å². The Hall–Kier alpha value is -1.34. The molecule has 1 aliphatic heterocycles. The van der Waals surface area contributed by atoms with E-state index in [9.17, 15) is 0 Å². The number of hydrogen-bond donors (Lipinski definition) is 2. The molecule has 0 radical (unpaired) electrons. The molecule has 1 aliphatic carbocycles. The van der Waals surface area contributed by atoms with Crippen molar-refractivity contribution in [1.29, 1.82) is 0 Å². The van der Waals surface area contributed by atoms with Crippen LogP contribution in [0.25, 0.3) is 0 Å². The number of guanidine groups is 1. The van der Waals surface area contributed by atoms with Crippen molar-refractivity contribution in [1.82, 2.24) is 15.6 Å². The molecule has 0 spiro atoms. The molecule has 1 saturated carbocycles. The Labute approximate surface area is 174 Å². The van der Waals surface area contributed by atoms with Crippen molar-refractivity contribution in [3.8, 4) is 0 Å². The molecule has 1 saturated heterocycles. The Balaban J connectivity index is 1.35. The summed E-state index contributed by atoms with van der Waals surface area (Å²) in [4.78, 5) is 11.6. The summed E-state index contributed by atoms with van der Waals surface area (Å²) in [5, 5.41) is 10.3. The minimum Gasteiger partial charge on any atom is -0.378 e. The van der Waals surface area contributed by atoms with E-state index in [0.717, 1.165) is 57.5 Å². The Morgan fingerprint density at radius 3 is 2.71 bits per heavy atom. The molecule has 7 heteroatoms. The van der Waals surface area contributed by atoms with Gasteiger partial charge in [0.15, 0.2) is 11.1 Å². The number of hydrogen-bond acceptors (Lipinski definition) is 5. The summed E-state index contributed by atoms with van der Waals surface area (Å²) < 4.78 is 6.01. The minimum atomic E-state index is 0.386. The molecule has 0 aromatic carbocycles. The van der Waals surface area contributed by atoms with Gasteiger partial charge < -0.3 is 20.3 Å². The van der Waals surface area contributed by atoms with Crippen molar-refractivity contribution >= 4 is 22.4 Å². The van der Waals surface area contributed by atoms with Crippen LogP contribution in [0.5, 0.6) is 0 Å². The number of rotatable bonds is 10. The van der Waals surface area contributed by atoms with Gasteiger partial charge in [0.05, 0.1) is 11.8 Å². The fraction of sp³-hybridized carbons (Fsp3) is 0.810. The van der Waals surface area contributed by atoms with Gasteiger partial charge in [-0.05, 0) is 44.9 Å². The fourth-order valence-electron chi connectivity index (χ4n) is 4.33. The van der Waals surface area contributed by atoms with Crippen LogP contribution in [0.15, 0.2) is 10.4 Å². The van der Waals surface area contributed by atoms with E-state index in [-0.39, 0.29) is 0 Å². The van der Waals surface area contributed by atoms with E-state index in [2.05, 4.69) is 32.8 Å². The van der Waals surface area contributed by atoms with Gasteiger partial charge in [-0.1, -0.05) is 12.8 Å². The van der Waals surface area contributed by atoms with Gasteiger partial charge in [0, 0.05) is 51.6 Å². The molecule has 2 fully saturated rings.